The summed E-state index contributed by atoms with van der Waals surface area (Å²) in [5, 5.41) is 10.7. The highest BCUT2D eigenvalue weighted by molar-refractivity contribution is 7.99. The number of methoxy groups -OCH3 is 2. The fraction of sp³-hybridized carbons (Fsp3) is 0.167. The zero-order valence-corrected chi connectivity index (χ0v) is 15.4. The lowest BCUT2D eigenvalue weighted by Crippen LogP contribution is -2.14. The highest BCUT2D eigenvalue weighted by Gasteiger charge is 2.15. The number of rotatable bonds is 7. The van der Waals surface area contributed by atoms with E-state index in [2.05, 4.69) is 15.5 Å². The molecule has 1 amide bonds. The van der Waals surface area contributed by atoms with Crippen molar-refractivity contribution in [2.24, 2.45) is 0 Å². The van der Waals surface area contributed by atoms with Crippen molar-refractivity contribution in [3.8, 4) is 23.0 Å². The zero-order valence-electron chi connectivity index (χ0n) is 14.6. The molecule has 0 bridgehead atoms. The van der Waals surface area contributed by atoms with E-state index in [1.165, 1.54) is 25.3 Å². The van der Waals surface area contributed by atoms with Gasteiger partial charge < -0.3 is 19.2 Å². The number of hydrogen-bond donors (Lipinski definition) is 1. The van der Waals surface area contributed by atoms with Crippen LogP contribution in [-0.4, -0.2) is 36.1 Å². The maximum atomic E-state index is 13.1. The summed E-state index contributed by atoms with van der Waals surface area (Å²) in [6.07, 6.45) is 0. The number of carbonyl (C=O) groups is 1. The molecule has 140 valence electrons. The Bertz CT molecular complexity index is 948. The van der Waals surface area contributed by atoms with Crippen molar-refractivity contribution < 1.29 is 23.1 Å². The Hall–Kier alpha value is -3.07. The van der Waals surface area contributed by atoms with Crippen LogP contribution in [0.3, 0.4) is 0 Å². The molecule has 1 heterocycles. The second-order valence-electron chi connectivity index (χ2n) is 5.29. The Kier molecular flexibility index (Phi) is 5.92. The minimum atomic E-state index is -0.421. The van der Waals surface area contributed by atoms with Gasteiger partial charge in [-0.05, 0) is 30.3 Å². The van der Waals surface area contributed by atoms with E-state index >= 15 is 0 Å². The number of carbonyl (C=O) groups excluding carboxylic acids is 1. The van der Waals surface area contributed by atoms with E-state index in [1.807, 2.05) is 0 Å². The molecular formula is C18H16FN3O4S. The van der Waals surface area contributed by atoms with Gasteiger partial charge in [0.2, 0.25) is 5.91 Å². The Labute approximate surface area is 158 Å². The molecule has 0 saturated heterocycles. The average Bonchev–Trinajstić information content (AvgIpc) is 3.14. The van der Waals surface area contributed by atoms with Gasteiger partial charge in [0.15, 0.2) is 0 Å². The highest BCUT2D eigenvalue weighted by atomic mass is 32.2. The van der Waals surface area contributed by atoms with Crippen molar-refractivity contribution in [2.45, 2.75) is 5.22 Å². The van der Waals surface area contributed by atoms with Gasteiger partial charge >= 0.3 is 0 Å². The van der Waals surface area contributed by atoms with E-state index in [0.29, 0.717) is 22.7 Å². The molecule has 0 aliphatic heterocycles. The summed E-state index contributed by atoms with van der Waals surface area (Å²) in [5.74, 6) is 0.736. The number of amides is 1. The number of aromatic nitrogens is 2. The fourth-order valence-electron chi connectivity index (χ4n) is 2.24. The van der Waals surface area contributed by atoms with E-state index in [4.69, 9.17) is 13.9 Å². The van der Waals surface area contributed by atoms with E-state index in [-0.39, 0.29) is 22.8 Å². The van der Waals surface area contributed by atoms with Crippen molar-refractivity contribution >= 4 is 23.4 Å². The molecule has 7 nitrogen and oxygen atoms in total. The minimum absolute atomic E-state index is 0.0396. The first-order chi connectivity index (χ1) is 13.1. The Morgan fingerprint density at radius 2 is 2.04 bits per heavy atom. The molecule has 27 heavy (non-hydrogen) atoms. The molecule has 0 unspecified atom stereocenters. The van der Waals surface area contributed by atoms with Gasteiger partial charge in [-0.15, -0.1) is 10.2 Å². The summed E-state index contributed by atoms with van der Waals surface area (Å²) in [6, 6.07) is 10.9. The monoisotopic (exact) mass is 389 g/mol. The third kappa shape index (κ3) is 4.76. The molecule has 1 N–H and O–H groups in total. The molecule has 0 aliphatic carbocycles. The molecular weight excluding hydrogens is 373 g/mol. The topological polar surface area (TPSA) is 86.5 Å². The second-order valence-corrected chi connectivity index (χ2v) is 6.21. The van der Waals surface area contributed by atoms with Crippen LogP contribution in [0.25, 0.3) is 11.5 Å². The smallest absolute Gasteiger partial charge is 0.277 e. The summed E-state index contributed by atoms with van der Waals surface area (Å²) in [7, 11) is 3.09. The van der Waals surface area contributed by atoms with E-state index in [0.717, 1.165) is 11.8 Å². The van der Waals surface area contributed by atoms with Crippen molar-refractivity contribution in [1.82, 2.24) is 10.2 Å². The number of anilines is 1. The van der Waals surface area contributed by atoms with Crippen LogP contribution >= 0.6 is 11.8 Å². The van der Waals surface area contributed by atoms with Crippen LogP contribution in [0, 0.1) is 5.82 Å². The molecule has 0 saturated carbocycles. The number of benzene rings is 2. The largest absolute Gasteiger partial charge is 0.497 e. The molecule has 0 fully saturated rings. The Balaban J connectivity index is 1.63. The lowest BCUT2D eigenvalue weighted by atomic mass is 10.2. The molecule has 0 spiro atoms. The van der Waals surface area contributed by atoms with Crippen molar-refractivity contribution in [3.63, 3.8) is 0 Å². The number of nitrogens with zero attached hydrogens (tertiary/aromatic N) is 2. The summed E-state index contributed by atoms with van der Waals surface area (Å²) < 4.78 is 29.2. The van der Waals surface area contributed by atoms with Crippen LogP contribution in [0.4, 0.5) is 10.1 Å². The predicted molar refractivity (Wildman–Crippen MR) is 98.6 cm³/mol. The van der Waals surface area contributed by atoms with Crippen molar-refractivity contribution in [3.05, 3.63) is 48.3 Å². The first kappa shape index (κ1) is 18.7. The third-order valence-electron chi connectivity index (χ3n) is 3.48. The van der Waals surface area contributed by atoms with Gasteiger partial charge in [-0.25, -0.2) is 4.39 Å². The summed E-state index contributed by atoms with van der Waals surface area (Å²) in [4.78, 5) is 12.0. The van der Waals surface area contributed by atoms with Gasteiger partial charge in [0, 0.05) is 11.8 Å². The number of thioether (sulfide) groups is 1. The molecule has 0 radical (unpaired) electrons. The standard InChI is InChI=1S/C18H16FN3O4S/c1-24-13-6-7-14(15(9-13)25-2)17-21-22-18(26-17)27-10-16(23)20-12-5-3-4-11(19)8-12/h3-9H,10H2,1-2H3,(H,20,23). The van der Waals surface area contributed by atoms with Gasteiger partial charge in [0.1, 0.15) is 17.3 Å². The summed E-state index contributed by atoms with van der Waals surface area (Å²) in [6.45, 7) is 0. The first-order valence-corrected chi connectivity index (χ1v) is 8.81. The van der Waals surface area contributed by atoms with E-state index < -0.39 is 5.82 Å². The molecule has 0 atom stereocenters. The minimum Gasteiger partial charge on any atom is -0.497 e. The van der Waals surface area contributed by atoms with Crippen LogP contribution in [0.15, 0.2) is 52.1 Å². The normalized spacial score (nSPS) is 10.5. The predicted octanol–water partition coefficient (Wildman–Crippen LogP) is 3.62. The number of nitrogens with one attached hydrogen (secondary N) is 1. The van der Waals surface area contributed by atoms with Crippen molar-refractivity contribution in [1.29, 1.82) is 0 Å². The third-order valence-corrected chi connectivity index (χ3v) is 4.30. The Morgan fingerprint density at radius 1 is 1.19 bits per heavy atom. The van der Waals surface area contributed by atoms with Gasteiger partial charge in [0.25, 0.3) is 11.1 Å². The molecule has 2 aromatic carbocycles. The number of ether oxygens (including phenoxy) is 2. The van der Waals surface area contributed by atoms with Gasteiger partial charge in [-0.3, -0.25) is 4.79 Å². The summed E-state index contributed by atoms with van der Waals surface area (Å²) >= 11 is 1.08. The lowest BCUT2D eigenvalue weighted by Gasteiger charge is -2.07. The molecule has 0 aliphatic rings. The maximum absolute atomic E-state index is 13.1. The van der Waals surface area contributed by atoms with E-state index in [9.17, 15) is 9.18 Å². The van der Waals surface area contributed by atoms with Gasteiger partial charge in [-0.1, -0.05) is 17.8 Å². The SMILES string of the molecule is COc1ccc(-c2nnc(SCC(=O)Nc3cccc(F)c3)o2)c(OC)c1. The van der Waals surface area contributed by atoms with E-state index in [1.54, 1.807) is 31.4 Å². The zero-order chi connectivity index (χ0) is 19.2. The van der Waals surface area contributed by atoms with Crippen LogP contribution in [0.2, 0.25) is 0 Å². The maximum Gasteiger partial charge on any atom is 0.277 e. The number of halogens is 1. The molecule has 1 aromatic heterocycles. The van der Waals surface area contributed by atoms with Gasteiger partial charge in [0.05, 0.1) is 25.5 Å². The van der Waals surface area contributed by atoms with Crippen LogP contribution < -0.4 is 14.8 Å². The highest BCUT2D eigenvalue weighted by Crippen LogP contribution is 2.33. The Morgan fingerprint density at radius 3 is 2.78 bits per heavy atom. The fourth-order valence-corrected chi connectivity index (χ4v) is 2.81. The van der Waals surface area contributed by atoms with Crippen LogP contribution in [0.5, 0.6) is 11.5 Å². The molecule has 3 rings (SSSR count). The first-order valence-electron chi connectivity index (χ1n) is 7.83. The van der Waals surface area contributed by atoms with Gasteiger partial charge in [-0.2, -0.15) is 0 Å². The quantitative estimate of drug-likeness (QED) is 0.618. The molecule has 9 heteroatoms. The second kappa shape index (κ2) is 8.54. The van der Waals surface area contributed by atoms with Crippen molar-refractivity contribution in [2.75, 3.05) is 25.3 Å². The lowest BCUT2D eigenvalue weighted by molar-refractivity contribution is -0.113. The molecule has 3 aromatic rings. The van der Waals surface area contributed by atoms with Crippen LogP contribution in [-0.2, 0) is 4.79 Å². The average molecular weight is 389 g/mol. The summed E-state index contributed by atoms with van der Waals surface area (Å²) in [5.41, 5.74) is 0.997. The number of hydrogen-bond acceptors (Lipinski definition) is 7. The van der Waals surface area contributed by atoms with Crippen LogP contribution in [0.1, 0.15) is 0 Å².